The van der Waals surface area contributed by atoms with Crippen LogP contribution in [-0.4, -0.2) is 43.4 Å². The predicted octanol–water partition coefficient (Wildman–Crippen LogP) is 3.52. The minimum absolute atomic E-state index is 0. The Balaban J connectivity index is 0.00000320. The van der Waals surface area contributed by atoms with Gasteiger partial charge in [-0.2, -0.15) is 0 Å². The molecule has 30 heavy (non-hydrogen) atoms. The Morgan fingerprint density at radius 3 is 2.53 bits per heavy atom. The zero-order valence-electron chi connectivity index (χ0n) is 17.4. The molecule has 0 unspecified atom stereocenters. The van der Waals surface area contributed by atoms with Crippen molar-refractivity contribution in [2.75, 3.05) is 26.7 Å². The van der Waals surface area contributed by atoms with Crippen LogP contribution in [0, 0.1) is 5.82 Å². The molecule has 0 saturated heterocycles. The van der Waals surface area contributed by atoms with Crippen LogP contribution >= 0.6 is 24.0 Å². The first-order valence-corrected chi connectivity index (χ1v) is 10.2. The Hall–Kier alpha value is -2.16. The standard InChI is InChI=1S/C23H29FN4O.HI/c1-25-23(27-15-12-19-8-4-5-10-21(19)24)26-14-6-11-22(29)28-16-13-18-7-2-3-9-20(18)17-28;/h2-5,7-10H,6,11-17H2,1H3,(H2,25,26,27);1H. The first-order chi connectivity index (χ1) is 14.2. The van der Waals surface area contributed by atoms with Crippen molar-refractivity contribution in [3.63, 3.8) is 0 Å². The average molecular weight is 524 g/mol. The monoisotopic (exact) mass is 524 g/mol. The topological polar surface area (TPSA) is 56.7 Å². The van der Waals surface area contributed by atoms with Crippen molar-refractivity contribution in [2.24, 2.45) is 4.99 Å². The maximum Gasteiger partial charge on any atom is 0.222 e. The molecule has 5 nitrogen and oxygen atoms in total. The summed E-state index contributed by atoms with van der Waals surface area (Å²) in [4.78, 5) is 18.6. The number of rotatable bonds is 7. The van der Waals surface area contributed by atoms with E-state index in [2.05, 4.69) is 33.8 Å². The van der Waals surface area contributed by atoms with Crippen LogP contribution in [-0.2, 0) is 24.2 Å². The fourth-order valence-electron chi connectivity index (χ4n) is 3.55. The van der Waals surface area contributed by atoms with E-state index in [9.17, 15) is 9.18 Å². The molecule has 2 N–H and O–H groups in total. The lowest BCUT2D eigenvalue weighted by Gasteiger charge is -2.29. The summed E-state index contributed by atoms with van der Waals surface area (Å²) in [7, 11) is 1.70. The summed E-state index contributed by atoms with van der Waals surface area (Å²) in [6.45, 7) is 2.76. The van der Waals surface area contributed by atoms with E-state index in [4.69, 9.17) is 0 Å². The van der Waals surface area contributed by atoms with Gasteiger partial charge in [0.1, 0.15) is 5.82 Å². The number of amides is 1. The zero-order chi connectivity index (χ0) is 20.5. The summed E-state index contributed by atoms with van der Waals surface area (Å²) in [6.07, 6.45) is 2.77. The molecule has 0 bridgehead atoms. The summed E-state index contributed by atoms with van der Waals surface area (Å²) < 4.78 is 13.6. The van der Waals surface area contributed by atoms with E-state index in [1.807, 2.05) is 17.0 Å². The Kier molecular flexibility index (Phi) is 10.1. The van der Waals surface area contributed by atoms with Gasteiger partial charge < -0.3 is 15.5 Å². The molecule has 0 saturated carbocycles. The van der Waals surface area contributed by atoms with Gasteiger partial charge in [-0.05, 0) is 42.0 Å². The third-order valence-electron chi connectivity index (χ3n) is 5.21. The Morgan fingerprint density at radius 2 is 1.77 bits per heavy atom. The Bertz CT molecular complexity index is 859. The molecule has 7 heteroatoms. The number of halogens is 2. The highest BCUT2D eigenvalue weighted by molar-refractivity contribution is 14.0. The molecule has 3 rings (SSSR count). The highest BCUT2D eigenvalue weighted by Gasteiger charge is 2.19. The number of benzene rings is 2. The van der Waals surface area contributed by atoms with E-state index in [0.29, 0.717) is 44.0 Å². The van der Waals surface area contributed by atoms with Gasteiger partial charge in [0.15, 0.2) is 5.96 Å². The SMILES string of the molecule is CN=C(NCCCC(=O)N1CCc2ccccc2C1)NCCc1ccccc1F.I. The normalized spacial score (nSPS) is 13.3. The van der Waals surface area contributed by atoms with Crippen molar-refractivity contribution < 1.29 is 9.18 Å². The second-order valence-electron chi connectivity index (χ2n) is 7.20. The second-order valence-corrected chi connectivity index (χ2v) is 7.20. The first-order valence-electron chi connectivity index (χ1n) is 10.2. The molecule has 162 valence electrons. The molecule has 1 aliphatic heterocycles. The molecule has 0 aliphatic carbocycles. The van der Waals surface area contributed by atoms with E-state index < -0.39 is 0 Å². The van der Waals surface area contributed by atoms with Crippen molar-refractivity contribution in [3.8, 4) is 0 Å². The molecule has 2 aromatic rings. The Labute approximate surface area is 195 Å². The minimum atomic E-state index is -0.184. The fourth-order valence-corrected chi connectivity index (χ4v) is 3.55. The van der Waals surface area contributed by atoms with Gasteiger partial charge in [-0.15, -0.1) is 24.0 Å². The molecule has 1 heterocycles. The van der Waals surface area contributed by atoms with Crippen LogP contribution in [0.15, 0.2) is 53.5 Å². The second kappa shape index (κ2) is 12.5. The lowest BCUT2D eigenvalue weighted by molar-refractivity contribution is -0.132. The van der Waals surface area contributed by atoms with Gasteiger partial charge in [-0.25, -0.2) is 4.39 Å². The van der Waals surface area contributed by atoms with E-state index in [1.54, 1.807) is 19.2 Å². The minimum Gasteiger partial charge on any atom is -0.356 e. The van der Waals surface area contributed by atoms with Crippen LogP contribution in [0.25, 0.3) is 0 Å². The van der Waals surface area contributed by atoms with Gasteiger partial charge in [0.25, 0.3) is 0 Å². The molecule has 0 radical (unpaired) electrons. The number of nitrogens with zero attached hydrogens (tertiary/aromatic N) is 2. The fraction of sp³-hybridized carbons (Fsp3) is 0.391. The number of aliphatic imine (C=N–C) groups is 1. The van der Waals surface area contributed by atoms with Crippen molar-refractivity contribution in [1.82, 2.24) is 15.5 Å². The molecule has 1 aliphatic rings. The van der Waals surface area contributed by atoms with Crippen molar-refractivity contribution in [3.05, 3.63) is 71.0 Å². The summed E-state index contributed by atoms with van der Waals surface area (Å²) in [5.74, 6) is 0.681. The number of hydrogen-bond donors (Lipinski definition) is 2. The number of guanidine groups is 1. The molecule has 0 fully saturated rings. The van der Waals surface area contributed by atoms with Crippen LogP contribution in [0.3, 0.4) is 0 Å². The van der Waals surface area contributed by atoms with Crippen molar-refractivity contribution in [2.45, 2.75) is 32.2 Å². The van der Waals surface area contributed by atoms with Crippen LogP contribution < -0.4 is 10.6 Å². The lowest BCUT2D eigenvalue weighted by atomic mass is 9.99. The molecular weight excluding hydrogens is 494 g/mol. The van der Waals surface area contributed by atoms with Crippen LogP contribution in [0.1, 0.15) is 29.5 Å². The molecule has 0 atom stereocenters. The maximum atomic E-state index is 13.6. The number of fused-ring (bicyclic) bond motifs is 1. The van der Waals surface area contributed by atoms with Gasteiger partial charge in [0, 0.05) is 39.6 Å². The third kappa shape index (κ3) is 6.97. The lowest BCUT2D eigenvalue weighted by Crippen LogP contribution is -2.39. The summed E-state index contributed by atoms with van der Waals surface area (Å²) in [6, 6.07) is 15.1. The smallest absolute Gasteiger partial charge is 0.222 e. The summed E-state index contributed by atoms with van der Waals surface area (Å²) >= 11 is 0. The van der Waals surface area contributed by atoms with Gasteiger partial charge in [0.05, 0.1) is 0 Å². The number of nitrogens with one attached hydrogen (secondary N) is 2. The van der Waals surface area contributed by atoms with E-state index >= 15 is 0 Å². The molecule has 1 amide bonds. The van der Waals surface area contributed by atoms with Crippen LogP contribution in [0.4, 0.5) is 4.39 Å². The predicted molar refractivity (Wildman–Crippen MR) is 130 cm³/mol. The molecule has 0 spiro atoms. The summed E-state index contributed by atoms with van der Waals surface area (Å²) in [5.41, 5.74) is 3.29. The molecule has 0 aromatic heterocycles. The van der Waals surface area contributed by atoms with Crippen molar-refractivity contribution in [1.29, 1.82) is 0 Å². The third-order valence-corrected chi connectivity index (χ3v) is 5.21. The van der Waals surface area contributed by atoms with E-state index in [-0.39, 0.29) is 35.7 Å². The van der Waals surface area contributed by atoms with Crippen LogP contribution in [0.2, 0.25) is 0 Å². The zero-order valence-corrected chi connectivity index (χ0v) is 19.7. The number of hydrogen-bond acceptors (Lipinski definition) is 2. The van der Waals surface area contributed by atoms with Gasteiger partial charge >= 0.3 is 0 Å². The largest absolute Gasteiger partial charge is 0.356 e. The quantitative estimate of drug-likeness (QED) is 0.252. The van der Waals surface area contributed by atoms with Gasteiger partial charge in [-0.1, -0.05) is 42.5 Å². The van der Waals surface area contributed by atoms with Crippen molar-refractivity contribution >= 4 is 35.8 Å². The van der Waals surface area contributed by atoms with Crippen LogP contribution in [0.5, 0.6) is 0 Å². The van der Waals surface area contributed by atoms with Gasteiger partial charge in [0.2, 0.25) is 5.91 Å². The molecular formula is C23H30FIN4O. The Morgan fingerprint density at radius 1 is 1.07 bits per heavy atom. The first kappa shape index (κ1) is 24.1. The van der Waals surface area contributed by atoms with E-state index in [1.165, 1.54) is 17.2 Å². The number of carbonyl (C=O) groups is 1. The average Bonchev–Trinajstić information content (AvgIpc) is 2.76. The highest BCUT2D eigenvalue weighted by atomic mass is 127. The summed E-state index contributed by atoms with van der Waals surface area (Å²) in [5, 5.41) is 6.40. The molecule has 2 aromatic carbocycles. The van der Waals surface area contributed by atoms with Gasteiger partial charge in [-0.3, -0.25) is 9.79 Å². The number of carbonyl (C=O) groups excluding carboxylic acids is 1. The maximum absolute atomic E-state index is 13.6. The highest BCUT2D eigenvalue weighted by Crippen LogP contribution is 2.19. The van der Waals surface area contributed by atoms with E-state index in [0.717, 1.165) is 19.4 Å².